The summed E-state index contributed by atoms with van der Waals surface area (Å²) in [5, 5.41) is 8.47. The number of methoxy groups -OCH3 is 2. The van der Waals surface area contributed by atoms with E-state index in [1.54, 1.807) is 33.3 Å². The van der Waals surface area contributed by atoms with Gasteiger partial charge in [0.25, 0.3) is 0 Å². The highest BCUT2D eigenvalue weighted by atomic mass is 35.5. The molecule has 184 valence electrons. The van der Waals surface area contributed by atoms with Crippen molar-refractivity contribution in [3.05, 3.63) is 40.7 Å². The third kappa shape index (κ3) is 6.10. The summed E-state index contributed by atoms with van der Waals surface area (Å²) in [5.74, 6) is 0.389. The molecule has 0 radical (unpaired) electrons. The van der Waals surface area contributed by atoms with Gasteiger partial charge in [-0.15, -0.1) is 10.2 Å². The van der Waals surface area contributed by atoms with E-state index in [1.807, 2.05) is 18.4 Å². The highest BCUT2D eigenvalue weighted by Crippen LogP contribution is 2.34. The van der Waals surface area contributed by atoms with Crippen molar-refractivity contribution < 1.29 is 22.6 Å². The van der Waals surface area contributed by atoms with Crippen LogP contribution < -0.4 is 0 Å². The Hall–Kier alpha value is -1.59. The molecule has 1 aliphatic heterocycles. The Morgan fingerprint density at radius 1 is 1.18 bits per heavy atom. The molecule has 2 aromatic rings. The lowest BCUT2D eigenvalue weighted by molar-refractivity contribution is 0.0399. The van der Waals surface area contributed by atoms with E-state index < -0.39 is 15.1 Å². The monoisotopic (exact) mass is 500 g/mol. The summed E-state index contributed by atoms with van der Waals surface area (Å²) in [7, 11) is -0.402. The number of hydrogen-bond acceptors (Lipinski definition) is 8. The molecule has 0 aromatic carbocycles. The first kappa shape index (κ1) is 26.0. The number of sulfone groups is 1. The first-order valence-electron chi connectivity index (χ1n) is 11.1. The SMILES string of the molecule is COCC(COC)n1c(CS(=O)(=O)[C@@H](C)[C@H](C)c2ccc(Cl)cn2)nnc1[C@H]1CC[C@@H](C)O1. The van der Waals surface area contributed by atoms with Gasteiger partial charge in [-0.05, 0) is 38.8 Å². The molecular formula is C22H33ClN4O5S. The van der Waals surface area contributed by atoms with Crippen LogP contribution in [-0.2, 0) is 29.8 Å². The minimum absolute atomic E-state index is 0.114. The molecule has 0 saturated carbocycles. The maximum Gasteiger partial charge on any atom is 0.162 e. The van der Waals surface area contributed by atoms with E-state index in [4.69, 9.17) is 25.8 Å². The van der Waals surface area contributed by atoms with Gasteiger partial charge >= 0.3 is 0 Å². The zero-order chi connectivity index (χ0) is 24.2. The molecule has 4 atom stereocenters. The minimum atomic E-state index is -3.60. The molecule has 0 bridgehead atoms. The molecule has 0 amide bonds. The largest absolute Gasteiger partial charge is 0.382 e. The van der Waals surface area contributed by atoms with Crippen LogP contribution in [0.15, 0.2) is 18.3 Å². The van der Waals surface area contributed by atoms with Gasteiger partial charge in [0.1, 0.15) is 17.7 Å². The zero-order valence-electron chi connectivity index (χ0n) is 19.8. The maximum absolute atomic E-state index is 13.4. The Balaban J connectivity index is 1.92. The van der Waals surface area contributed by atoms with Gasteiger partial charge in [0.05, 0.1) is 35.6 Å². The number of nitrogens with zero attached hydrogens (tertiary/aromatic N) is 4. The molecule has 0 aliphatic carbocycles. The summed E-state index contributed by atoms with van der Waals surface area (Å²) in [5.41, 5.74) is 0.669. The fraction of sp³-hybridized carbons (Fsp3) is 0.682. The molecule has 1 aliphatic rings. The molecule has 0 spiro atoms. The van der Waals surface area contributed by atoms with Gasteiger partial charge in [0.15, 0.2) is 15.7 Å². The second-order valence-corrected chi connectivity index (χ2v) is 11.4. The molecular weight excluding hydrogens is 468 g/mol. The number of hydrogen-bond donors (Lipinski definition) is 0. The van der Waals surface area contributed by atoms with E-state index >= 15 is 0 Å². The van der Waals surface area contributed by atoms with E-state index in [2.05, 4.69) is 15.2 Å². The molecule has 3 heterocycles. The molecule has 11 heteroatoms. The summed E-state index contributed by atoms with van der Waals surface area (Å²) in [6, 6.07) is 3.19. The van der Waals surface area contributed by atoms with Crippen LogP contribution in [-0.4, -0.2) is 67.0 Å². The fourth-order valence-corrected chi connectivity index (χ4v) is 5.84. The van der Waals surface area contributed by atoms with Gasteiger partial charge in [-0.3, -0.25) is 4.98 Å². The van der Waals surface area contributed by atoms with Crippen LogP contribution in [0.1, 0.15) is 69.0 Å². The maximum atomic E-state index is 13.4. The van der Waals surface area contributed by atoms with Gasteiger partial charge in [-0.1, -0.05) is 18.5 Å². The van der Waals surface area contributed by atoms with Crippen molar-refractivity contribution in [2.45, 2.75) is 68.8 Å². The average Bonchev–Trinajstić information content (AvgIpc) is 3.38. The normalized spacial score (nSPS) is 20.9. The molecule has 33 heavy (non-hydrogen) atoms. The average molecular weight is 501 g/mol. The van der Waals surface area contributed by atoms with Crippen molar-refractivity contribution >= 4 is 21.4 Å². The molecule has 9 nitrogen and oxygen atoms in total. The molecule has 2 aromatic heterocycles. The van der Waals surface area contributed by atoms with Crippen LogP contribution in [0.3, 0.4) is 0 Å². The van der Waals surface area contributed by atoms with Gasteiger partial charge < -0.3 is 18.8 Å². The number of aromatic nitrogens is 4. The number of ether oxygens (including phenoxy) is 3. The molecule has 3 rings (SSSR count). The second kappa shape index (κ2) is 11.2. The quantitative estimate of drug-likeness (QED) is 0.461. The van der Waals surface area contributed by atoms with Gasteiger partial charge in [-0.25, -0.2) is 8.42 Å². The Morgan fingerprint density at radius 3 is 2.42 bits per heavy atom. The topological polar surface area (TPSA) is 105 Å². The van der Waals surface area contributed by atoms with E-state index in [9.17, 15) is 8.42 Å². The first-order chi connectivity index (χ1) is 15.7. The first-order valence-corrected chi connectivity index (χ1v) is 13.2. The Morgan fingerprint density at radius 2 is 1.88 bits per heavy atom. The number of pyridine rings is 1. The van der Waals surface area contributed by atoms with Crippen molar-refractivity contribution in [2.24, 2.45) is 0 Å². The summed E-state index contributed by atoms with van der Waals surface area (Å²) < 4.78 is 45.5. The molecule has 1 saturated heterocycles. The molecule has 0 unspecified atom stereocenters. The van der Waals surface area contributed by atoms with E-state index in [1.165, 1.54) is 6.20 Å². The molecule has 1 fully saturated rings. The summed E-state index contributed by atoms with van der Waals surface area (Å²) >= 11 is 5.93. The smallest absolute Gasteiger partial charge is 0.162 e. The lowest BCUT2D eigenvalue weighted by Gasteiger charge is -2.24. The predicted molar refractivity (Wildman–Crippen MR) is 125 cm³/mol. The number of rotatable bonds is 11. The van der Waals surface area contributed by atoms with E-state index in [0.29, 0.717) is 35.6 Å². The van der Waals surface area contributed by atoms with Crippen LogP contribution in [0.2, 0.25) is 5.02 Å². The van der Waals surface area contributed by atoms with E-state index in [0.717, 1.165) is 12.8 Å². The highest BCUT2D eigenvalue weighted by Gasteiger charge is 2.35. The second-order valence-electron chi connectivity index (χ2n) is 8.62. The predicted octanol–water partition coefficient (Wildman–Crippen LogP) is 3.51. The van der Waals surface area contributed by atoms with Crippen LogP contribution in [0, 0.1) is 0 Å². The Kier molecular flexibility index (Phi) is 8.85. The summed E-state index contributed by atoms with van der Waals surface area (Å²) in [6.45, 7) is 6.22. The fourth-order valence-electron chi connectivity index (χ4n) is 4.15. The number of halogens is 1. The summed E-state index contributed by atoms with van der Waals surface area (Å²) in [4.78, 5) is 4.30. The third-order valence-electron chi connectivity index (χ3n) is 6.21. The summed E-state index contributed by atoms with van der Waals surface area (Å²) in [6.07, 6.45) is 3.11. The van der Waals surface area contributed by atoms with Gasteiger partial charge in [0.2, 0.25) is 0 Å². The van der Waals surface area contributed by atoms with Crippen molar-refractivity contribution in [3.8, 4) is 0 Å². The van der Waals surface area contributed by atoms with Crippen LogP contribution in [0.25, 0.3) is 0 Å². The lowest BCUT2D eigenvalue weighted by Crippen LogP contribution is -2.29. The van der Waals surface area contributed by atoms with Gasteiger partial charge in [0, 0.05) is 32.0 Å². The highest BCUT2D eigenvalue weighted by molar-refractivity contribution is 7.91. The van der Waals surface area contributed by atoms with Crippen molar-refractivity contribution in [3.63, 3.8) is 0 Å². The van der Waals surface area contributed by atoms with Crippen LogP contribution in [0.4, 0.5) is 0 Å². The standard InChI is InChI=1S/C22H33ClN4O5S/c1-14-6-9-20(32-14)22-26-25-21(27(22)18(11-30-4)12-31-5)13-33(28,29)16(3)15(2)19-8-7-17(23)10-24-19/h7-8,10,14-16,18,20H,6,9,11-13H2,1-5H3/t14-,15+,16+,20-/m1/s1. The van der Waals surface area contributed by atoms with Crippen LogP contribution in [0.5, 0.6) is 0 Å². The van der Waals surface area contributed by atoms with Gasteiger partial charge in [-0.2, -0.15) is 0 Å². The van der Waals surface area contributed by atoms with Crippen LogP contribution >= 0.6 is 11.6 Å². The lowest BCUT2D eigenvalue weighted by atomic mass is 10.0. The molecule has 0 N–H and O–H groups in total. The Bertz CT molecular complexity index is 1010. The van der Waals surface area contributed by atoms with Crippen molar-refractivity contribution in [2.75, 3.05) is 27.4 Å². The van der Waals surface area contributed by atoms with Crippen molar-refractivity contribution in [1.82, 2.24) is 19.7 Å². The third-order valence-corrected chi connectivity index (χ3v) is 8.64. The van der Waals surface area contributed by atoms with E-state index in [-0.39, 0.29) is 29.9 Å². The zero-order valence-corrected chi connectivity index (χ0v) is 21.3. The van der Waals surface area contributed by atoms with Crippen molar-refractivity contribution in [1.29, 1.82) is 0 Å². The minimum Gasteiger partial charge on any atom is -0.382 e. The Labute approximate surface area is 200 Å².